The van der Waals surface area contributed by atoms with E-state index in [2.05, 4.69) is 83.6 Å². The molecule has 1 heteroatoms. The van der Waals surface area contributed by atoms with Crippen molar-refractivity contribution in [1.82, 2.24) is 5.32 Å². The lowest BCUT2D eigenvalue weighted by Crippen LogP contribution is -2.27. The summed E-state index contributed by atoms with van der Waals surface area (Å²) in [6, 6.07) is 6.21. The average Bonchev–Trinajstić information content (AvgIpc) is 2.74. The number of unbranched alkanes of at least 4 members (excludes halogenated alkanes) is 1. The molecule has 32 heavy (non-hydrogen) atoms. The van der Waals surface area contributed by atoms with E-state index in [0.717, 1.165) is 46.5 Å². The maximum absolute atomic E-state index is 5.56. The number of terminal acetylenes is 2. The number of nitrogens with one attached hydrogen (secondary N) is 1. The summed E-state index contributed by atoms with van der Waals surface area (Å²) in [5.74, 6) is 5.31. The molecule has 0 spiro atoms. The number of benzene rings is 1. The third-order valence-electron chi connectivity index (χ3n) is 5.05. The Hall–Kier alpha value is -3.16. The molecule has 1 unspecified atom stereocenters. The Bertz CT molecular complexity index is 996. The highest BCUT2D eigenvalue weighted by Crippen LogP contribution is 2.45. The summed E-state index contributed by atoms with van der Waals surface area (Å²) in [5, 5.41) is 3.53. The van der Waals surface area contributed by atoms with Crippen molar-refractivity contribution in [2.24, 2.45) is 0 Å². The lowest BCUT2D eigenvalue weighted by atomic mass is 9.74. The normalized spacial score (nSPS) is 14.5. The fraction of sp³-hybridized carbons (Fsp3) is 0.355. The molecule has 0 radical (unpaired) electrons. The SMILES string of the molecule is C#CCCC.C#Cc1ccc(C2C(C(=C)C)=C(C)NC(C(=C)C)=C2C(=C)C)c(C)c1.CC. The van der Waals surface area contributed by atoms with E-state index in [1.54, 1.807) is 0 Å². The smallest absolute Gasteiger partial charge is 0.0450 e. The number of hydrogen-bond donors (Lipinski definition) is 1. The summed E-state index contributed by atoms with van der Waals surface area (Å²) in [6.07, 6.45) is 12.5. The molecule has 170 valence electrons. The van der Waals surface area contributed by atoms with Crippen LogP contribution in [0.2, 0.25) is 0 Å². The second-order valence-electron chi connectivity index (χ2n) is 7.90. The highest BCUT2D eigenvalue weighted by Gasteiger charge is 2.31. The predicted molar refractivity (Wildman–Crippen MR) is 144 cm³/mol. The van der Waals surface area contributed by atoms with Crippen molar-refractivity contribution in [3.8, 4) is 24.7 Å². The number of aryl methyl sites for hydroxylation is 1. The molecule has 1 aromatic rings. The maximum Gasteiger partial charge on any atom is 0.0450 e. The van der Waals surface area contributed by atoms with Crippen LogP contribution < -0.4 is 5.32 Å². The van der Waals surface area contributed by atoms with Crippen molar-refractivity contribution < 1.29 is 0 Å². The minimum absolute atomic E-state index is 0.0785. The second-order valence-corrected chi connectivity index (χ2v) is 7.90. The van der Waals surface area contributed by atoms with E-state index in [1.807, 2.05) is 26.8 Å². The van der Waals surface area contributed by atoms with E-state index in [9.17, 15) is 0 Å². The Kier molecular flexibility index (Phi) is 12.6. The van der Waals surface area contributed by atoms with Crippen molar-refractivity contribution in [2.45, 2.75) is 74.1 Å². The van der Waals surface area contributed by atoms with Gasteiger partial charge in [-0.05, 0) is 81.0 Å². The van der Waals surface area contributed by atoms with E-state index in [0.29, 0.717) is 0 Å². The molecule has 0 aromatic heterocycles. The Morgan fingerprint density at radius 1 is 0.969 bits per heavy atom. The zero-order valence-electron chi connectivity index (χ0n) is 21.5. The van der Waals surface area contributed by atoms with E-state index in [4.69, 9.17) is 12.8 Å². The highest BCUT2D eigenvalue weighted by molar-refractivity contribution is 5.61. The van der Waals surface area contributed by atoms with E-state index >= 15 is 0 Å². The number of dihydropyridines is 1. The second kappa shape index (κ2) is 14.0. The van der Waals surface area contributed by atoms with Crippen molar-refractivity contribution in [2.75, 3.05) is 0 Å². The summed E-state index contributed by atoms with van der Waals surface area (Å²) in [4.78, 5) is 0. The van der Waals surface area contributed by atoms with Gasteiger partial charge in [-0.1, -0.05) is 63.6 Å². The number of rotatable bonds is 5. The minimum Gasteiger partial charge on any atom is -0.358 e. The molecule has 0 bridgehead atoms. The standard InChI is InChI=1S/C24H27N.C5H8.C2H6/c1-10-19-11-12-20(17(8)13-19)23-21(14(2)3)18(9)25-24(16(6)7)22(23)15(4)5;1-3-5-4-2;1-2/h1,11-13,23,25H,2,4,6H2,3,5,7-9H3;1H,4-5H2,2H3;1-2H3. The molecule has 0 amide bonds. The number of allylic oxidation sites excluding steroid dienone is 6. The average molecular weight is 428 g/mol. The van der Waals surface area contributed by atoms with Crippen LogP contribution in [0, 0.1) is 31.6 Å². The Balaban J connectivity index is 0.00000121. The van der Waals surface area contributed by atoms with Crippen LogP contribution in [-0.4, -0.2) is 0 Å². The molecule has 2 rings (SSSR count). The minimum atomic E-state index is 0.0785. The summed E-state index contributed by atoms with van der Waals surface area (Å²) in [5.41, 5.74) is 10.9. The van der Waals surface area contributed by atoms with Gasteiger partial charge in [0, 0.05) is 29.3 Å². The van der Waals surface area contributed by atoms with E-state index < -0.39 is 0 Å². The summed E-state index contributed by atoms with van der Waals surface area (Å²) in [7, 11) is 0. The molecule has 0 saturated heterocycles. The first-order valence-electron chi connectivity index (χ1n) is 11.3. The molecule has 0 saturated carbocycles. The Labute approximate surface area is 198 Å². The summed E-state index contributed by atoms with van der Waals surface area (Å²) < 4.78 is 0. The van der Waals surface area contributed by atoms with Gasteiger partial charge in [0.2, 0.25) is 0 Å². The Morgan fingerprint density at radius 3 is 1.88 bits per heavy atom. The van der Waals surface area contributed by atoms with Gasteiger partial charge in [-0.25, -0.2) is 0 Å². The summed E-state index contributed by atoms with van der Waals surface area (Å²) in [6.45, 7) is 29.0. The lowest BCUT2D eigenvalue weighted by Gasteiger charge is -2.35. The van der Waals surface area contributed by atoms with Crippen LogP contribution >= 0.6 is 0 Å². The molecule has 1 aliphatic rings. The Morgan fingerprint density at radius 2 is 1.53 bits per heavy atom. The van der Waals surface area contributed by atoms with Crippen LogP contribution in [0.25, 0.3) is 0 Å². The van der Waals surface area contributed by atoms with Crippen molar-refractivity contribution >= 4 is 0 Å². The van der Waals surface area contributed by atoms with Crippen LogP contribution in [0.15, 0.2) is 77.2 Å². The molecule has 1 aromatic carbocycles. The highest BCUT2D eigenvalue weighted by atomic mass is 14.9. The van der Waals surface area contributed by atoms with Gasteiger partial charge in [-0.2, -0.15) is 0 Å². The third kappa shape index (κ3) is 7.21. The predicted octanol–water partition coefficient (Wildman–Crippen LogP) is 8.37. The van der Waals surface area contributed by atoms with Crippen LogP contribution in [0.4, 0.5) is 0 Å². The fourth-order valence-corrected chi connectivity index (χ4v) is 3.73. The quantitative estimate of drug-likeness (QED) is 0.465. The largest absolute Gasteiger partial charge is 0.358 e. The molecule has 1 aliphatic heterocycles. The zero-order valence-corrected chi connectivity index (χ0v) is 21.5. The van der Waals surface area contributed by atoms with Gasteiger partial charge in [0.1, 0.15) is 0 Å². The molecular weight excluding hydrogens is 386 g/mol. The van der Waals surface area contributed by atoms with Crippen molar-refractivity contribution in [3.63, 3.8) is 0 Å². The van der Waals surface area contributed by atoms with Crippen LogP contribution in [-0.2, 0) is 0 Å². The van der Waals surface area contributed by atoms with Gasteiger partial charge in [0.25, 0.3) is 0 Å². The van der Waals surface area contributed by atoms with E-state index in [-0.39, 0.29) is 5.92 Å². The number of hydrogen-bond acceptors (Lipinski definition) is 1. The maximum atomic E-state index is 5.56. The zero-order chi connectivity index (χ0) is 25.0. The van der Waals surface area contributed by atoms with Gasteiger partial charge in [-0.15, -0.1) is 18.8 Å². The lowest BCUT2D eigenvalue weighted by molar-refractivity contribution is 0.790. The first kappa shape index (κ1) is 28.8. The topological polar surface area (TPSA) is 12.0 Å². The van der Waals surface area contributed by atoms with E-state index in [1.165, 1.54) is 22.3 Å². The summed E-state index contributed by atoms with van der Waals surface area (Å²) >= 11 is 0. The molecule has 0 aliphatic carbocycles. The monoisotopic (exact) mass is 427 g/mol. The van der Waals surface area contributed by atoms with Crippen LogP contribution in [0.1, 0.15) is 83.9 Å². The molecular formula is C31H41N. The van der Waals surface area contributed by atoms with Gasteiger partial charge < -0.3 is 5.32 Å². The molecule has 1 atom stereocenters. The van der Waals surface area contributed by atoms with Crippen molar-refractivity contribution in [3.05, 3.63) is 93.9 Å². The molecule has 1 N–H and O–H groups in total. The van der Waals surface area contributed by atoms with Gasteiger partial charge >= 0.3 is 0 Å². The molecule has 1 heterocycles. The van der Waals surface area contributed by atoms with Crippen LogP contribution in [0.5, 0.6) is 0 Å². The van der Waals surface area contributed by atoms with Gasteiger partial charge in [0.15, 0.2) is 0 Å². The third-order valence-corrected chi connectivity index (χ3v) is 5.05. The molecule has 1 nitrogen and oxygen atoms in total. The van der Waals surface area contributed by atoms with Crippen LogP contribution in [0.3, 0.4) is 0 Å². The fourth-order valence-electron chi connectivity index (χ4n) is 3.73. The first-order valence-corrected chi connectivity index (χ1v) is 11.3. The van der Waals surface area contributed by atoms with Gasteiger partial charge in [0.05, 0.1) is 0 Å². The first-order chi connectivity index (χ1) is 15.1. The van der Waals surface area contributed by atoms with Gasteiger partial charge in [-0.3, -0.25) is 0 Å². The molecule has 0 fully saturated rings. The van der Waals surface area contributed by atoms with Crippen molar-refractivity contribution in [1.29, 1.82) is 0 Å².